The molecule has 4 nitrogen and oxygen atoms in total. The first-order chi connectivity index (χ1) is 10.6. The zero-order valence-electron chi connectivity index (χ0n) is 12.9. The number of rotatable bonds is 4. The van der Waals surface area contributed by atoms with Crippen LogP contribution in [0.25, 0.3) is 11.1 Å². The number of nitrogens with zero attached hydrogens (tertiary/aromatic N) is 2. The Kier molecular flexibility index (Phi) is 4.20. The largest absolute Gasteiger partial charge is 0.366 e. The van der Waals surface area contributed by atoms with Gasteiger partial charge in [0.1, 0.15) is 0 Å². The Morgan fingerprint density at radius 3 is 2.68 bits per heavy atom. The van der Waals surface area contributed by atoms with Gasteiger partial charge in [0.2, 0.25) is 5.91 Å². The smallest absolute Gasteiger partial charge is 0.248 e. The summed E-state index contributed by atoms with van der Waals surface area (Å²) in [5.41, 5.74) is 10.3. The summed E-state index contributed by atoms with van der Waals surface area (Å²) in [6.07, 6.45) is 6.40. The standard InChI is InChI=1S/C18H21N3O/c1-13-8-15(18(19)22)4-5-17(13)16-9-14(10-20-11-16)12-21-6-2-3-7-21/h4-5,8-11H,2-3,6-7,12H2,1H3,(H2,19,22). The zero-order valence-corrected chi connectivity index (χ0v) is 12.9. The van der Waals surface area contributed by atoms with Gasteiger partial charge in [-0.05, 0) is 67.7 Å². The zero-order chi connectivity index (χ0) is 15.5. The summed E-state index contributed by atoms with van der Waals surface area (Å²) in [6.45, 7) is 5.31. The van der Waals surface area contributed by atoms with E-state index in [9.17, 15) is 4.79 Å². The van der Waals surface area contributed by atoms with Crippen molar-refractivity contribution in [1.82, 2.24) is 9.88 Å². The van der Waals surface area contributed by atoms with Gasteiger partial charge in [-0.25, -0.2) is 0 Å². The number of likely N-dealkylation sites (tertiary alicyclic amines) is 1. The fourth-order valence-corrected chi connectivity index (χ4v) is 3.06. The fraction of sp³-hybridized carbons (Fsp3) is 0.333. The topological polar surface area (TPSA) is 59.2 Å². The van der Waals surface area contributed by atoms with E-state index in [1.165, 1.54) is 31.5 Å². The van der Waals surface area contributed by atoms with E-state index in [1.54, 1.807) is 6.07 Å². The second-order valence-corrected chi connectivity index (χ2v) is 5.96. The third-order valence-electron chi connectivity index (χ3n) is 4.22. The molecule has 0 bridgehead atoms. The number of primary amides is 1. The maximum Gasteiger partial charge on any atom is 0.248 e. The van der Waals surface area contributed by atoms with E-state index in [4.69, 9.17) is 5.73 Å². The van der Waals surface area contributed by atoms with Crippen LogP contribution in [0.2, 0.25) is 0 Å². The second kappa shape index (κ2) is 6.28. The number of carbonyl (C=O) groups excluding carboxylic acids is 1. The minimum Gasteiger partial charge on any atom is -0.366 e. The molecule has 3 rings (SSSR count). The number of hydrogen-bond acceptors (Lipinski definition) is 3. The van der Waals surface area contributed by atoms with Crippen molar-refractivity contribution in [3.63, 3.8) is 0 Å². The van der Waals surface area contributed by atoms with Gasteiger partial charge in [-0.1, -0.05) is 6.07 Å². The van der Waals surface area contributed by atoms with Crippen LogP contribution >= 0.6 is 0 Å². The maximum absolute atomic E-state index is 11.3. The lowest BCUT2D eigenvalue weighted by atomic mass is 9.98. The fourth-order valence-electron chi connectivity index (χ4n) is 3.06. The summed E-state index contributed by atoms with van der Waals surface area (Å²) in [5.74, 6) is -0.393. The highest BCUT2D eigenvalue weighted by Crippen LogP contribution is 2.25. The summed E-state index contributed by atoms with van der Waals surface area (Å²) in [7, 11) is 0. The average Bonchev–Trinajstić information content (AvgIpc) is 3.00. The normalized spacial score (nSPS) is 15.1. The van der Waals surface area contributed by atoms with Gasteiger partial charge in [0, 0.05) is 30.1 Å². The Morgan fingerprint density at radius 2 is 2.00 bits per heavy atom. The van der Waals surface area contributed by atoms with Gasteiger partial charge < -0.3 is 5.73 Å². The highest BCUT2D eigenvalue weighted by Gasteiger charge is 2.13. The van der Waals surface area contributed by atoms with Crippen molar-refractivity contribution in [3.8, 4) is 11.1 Å². The highest BCUT2D eigenvalue weighted by molar-refractivity contribution is 5.93. The summed E-state index contributed by atoms with van der Waals surface area (Å²) >= 11 is 0. The molecule has 1 aliphatic rings. The molecular weight excluding hydrogens is 274 g/mol. The van der Waals surface area contributed by atoms with Crippen molar-refractivity contribution < 1.29 is 4.79 Å². The van der Waals surface area contributed by atoms with Gasteiger partial charge in [-0.2, -0.15) is 0 Å². The average molecular weight is 295 g/mol. The lowest BCUT2D eigenvalue weighted by molar-refractivity contribution is 0.1000. The van der Waals surface area contributed by atoms with E-state index in [0.717, 1.165) is 23.2 Å². The van der Waals surface area contributed by atoms with Gasteiger partial charge in [-0.3, -0.25) is 14.7 Å². The van der Waals surface area contributed by atoms with Crippen LogP contribution in [0.1, 0.15) is 34.3 Å². The lowest BCUT2D eigenvalue weighted by Crippen LogP contribution is -2.18. The molecule has 0 saturated carbocycles. The Balaban J connectivity index is 1.86. The minimum atomic E-state index is -0.393. The first kappa shape index (κ1) is 14.7. The van der Waals surface area contributed by atoms with E-state index >= 15 is 0 Å². The van der Waals surface area contributed by atoms with Crippen LogP contribution in [0.4, 0.5) is 0 Å². The monoisotopic (exact) mass is 295 g/mol. The Morgan fingerprint density at radius 1 is 1.23 bits per heavy atom. The van der Waals surface area contributed by atoms with Crippen molar-refractivity contribution in [3.05, 3.63) is 53.3 Å². The van der Waals surface area contributed by atoms with E-state index in [2.05, 4.69) is 16.0 Å². The van der Waals surface area contributed by atoms with Crippen molar-refractivity contribution >= 4 is 5.91 Å². The molecule has 2 heterocycles. The first-order valence-electron chi connectivity index (χ1n) is 7.70. The maximum atomic E-state index is 11.3. The van der Waals surface area contributed by atoms with Crippen LogP contribution < -0.4 is 5.73 Å². The van der Waals surface area contributed by atoms with E-state index in [-0.39, 0.29) is 0 Å². The summed E-state index contributed by atoms with van der Waals surface area (Å²) in [6, 6.07) is 7.76. The highest BCUT2D eigenvalue weighted by atomic mass is 16.1. The number of nitrogens with two attached hydrogens (primary N) is 1. The van der Waals surface area contributed by atoms with Gasteiger partial charge in [0.25, 0.3) is 0 Å². The Hall–Kier alpha value is -2.20. The molecule has 2 N–H and O–H groups in total. The number of amides is 1. The number of carbonyl (C=O) groups is 1. The molecule has 1 aromatic heterocycles. The predicted molar refractivity (Wildman–Crippen MR) is 87.4 cm³/mol. The number of aromatic nitrogens is 1. The Labute approximate surface area is 131 Å². The third-order valence-corrected chi connectivity index (χ3v) is 4.22. The lowest BCUT2D eigenvalue weighted by Gasteiger charge is -2.15. The second-order valence-electron chi connectivity index (χ2n) is 5.96. The summed E-state index contributed by atoms with van der Waals surface area (Å²) in [4.78, 5) is 18.1. The molecule has 0 aliphatic carbocycles. The molecule has 1 amide bonds. The number of benzene rings is 1. The molecule has 1 aromatic carbocycles. The van der Waals surface area contributed by atoms with Crippen LogP contribution in [0.5, 0.6) is 0 Å². The van der Waals surface area contributed by atoms with Crippen LogP contribution in [0, 0.1) is 6.92 Å². The van der Waals surface area contributed by atoms with E-state index < -0.39 is 5.91 Å². The Bertz CT molecular complexity index is 690. The van der Waals surface area contributed by atoms with Gasteiger partial charge in [0.05, 0.1) is 0 Å². The molecule has 0 radical (unpaired) electrons. The third kappa shape index (κ3) is 3.17. The molecule has 114 valence electrons. The number of pyridine rings is 1. The number of hydrogen-bond donors (Lipinski definition) is 1. The van der Waals surface area contributed by atoms with Gasteiger partial charge in [-0.15, -0.1) is 0 Å². The molecule has 4 heteroatoms. The van der Waals surface area contributed by atoms with Crippen molar-refractivity contribution in [2.75, 3.05) is 13.1 Å². The number of aryl methyl sites for hydroxylation is 1. The molecule has 1 aliphatic heterocycles. The molecule has 0 unspecified atom stereocenters. The van der Waals surface area contributed by atoms with Crippen LogP contribution in [0.3, 0.4) is 0 Å². The van der Waals surface area contributed by atoms with Crippen molar-refractivity contribution in [2.45, 2.75) is 26.3 Å². The molecule has 0 atom stereocenters. The minimum absolute atomic E-state index is 0.393. The van der Waals surface area contributed by atoms with E-state index in [1.807, 2.05) is 31.5 Å². The quantitative estimate of drug-likeness (QED) is 0.943. The molecular formula is C18H21N3O. The van der Waals surface area contributed by atoms with Crippen molar-refractivity contribution in [2.24, 2.45) is 5.73 Å². The van der Waals surface area contributed by atoms with Gasteiger partial charge in [0.15, 0.2) is 0 Å². The van der Waals surface area contributed by atoms with Crippen LogP contribution in [-0.2, 0) is 6.54 Å². The first-order valence-corrected chi connectivity index (χ1v) is 7.70. The van der Waals surface area contributed by atoms with E-state index in [0.29, 0.717) is 5.56 Å². The summed E-state index contributed by atoms with van der Waals surface area (Å²) < 4.78 is 0. The van der Waals surface area contributed by atoms with Crippen LogP contribution in [-0.4, -0.2) is 28.9 Å². The molecule has 2 aromatic rings. The molecule has 1 fully saturated rings. The van der Waals surface area contributed by atoms with Crippen molar-refractivity contribution in [1.29, 1.82) is 0 Å². The summed E-state index contributed by atoms with van der Waals surface area (Å²) in [5, 5.41) is 0. The SMILES string of the molecule is Cc1cc(C(N)=O)ccc1-c1cncc(CN2CCCC2)c1. The molecule has 1 saturated heterocycles. The molecule has 0 spiro atoms. The van der Waals surface area contributed by atoms with Gasteiger partial charge >= 0.3 is 0 Å². The molecule has 22 heavy (non-hydrogen) atoms. The predicted octanol–water partition coefficient (Wildman–Crippen LogP) is 2.75. The van der Waals surface area contributed by atoms with Crippen LogP contribution in [0.15, 0.2) is 36.7 Å².